The van der Waals surface area contributed by atoms with Gasteiger partial charge in [0.1, 0.15) is 6.04 Å². The summed E-state index contributed by atoms with van der Waals surface area (Å²) in [6.45, 7) is 0. The average molecular weight is 385 g/mol. The Hall–Kier alpha value is -2.35. The zero-order chi connectivity index (χ0) is 18.6. The maximum Gasteiger partial charge on any atom is 0.276 e. The third-order valence-electron chi connectivity index (χ3n) is 5.25. The van der Waals surface area contributed by atoms with Crippen LogP contribution in [0.4, 0.5) is 0 Å². The number of hydrogen-bond acceptors (Lipinski definition) is 6. The highest BCUT2D eigenvalue weighted by Crippen LogP contribution is 2.36. The lowest BCUT2D eigenvalue weighted by Crippen LogP contribution is -2.48. The lowest BCUT2D eigenvalue weighted by atomic mass is 9.94. The van der Waals surface area contributed by atoms with Gasteiger partial charge in [-0.15, -0.1) is 5.10 Å². The molecule has 2 aromatic rings. The van der Waals surface area contributed by atoms with E-state index in [4.69, 9.17) is 0 Å². The number of rotatable bonds is 6. The maximum absolute atomic E-state index is 13.3. The number of carbonyl (C=O) groups is 2. The molecule has 8 heteroatoms. The van der Waals surface area contributed by atoms with Crippen molar-refractivity contribution < 1.29 is 9.59 Å². The molecule has 27 heavy (non-hydrogen) atoms. The Kier molecular flexibility index (Phi) is 5.42. The molecule has 7 nitrogen and oxygen atoms in total. The molecule has 1 N–H and O–H groups in total. The molecule has 0 aromatic carbocycles. The summed E-state index contributed by atoms with van der Waals surface area (Å²) in [5.41, 5.74) is 1.08. The van der Waals surface area contributed by atoms with Crippen LogP contribution >= 0.6 is 11.5 Å². The number of nitrogens with zero attached hydrogens (tertiary/aromatic N) is 4. The van der Waals surface area contributed by atoms with Gasteiger partial charge < -0.3 is 10.2 Å². The monoisotopic (exact) mass is 385 g/mol. The molecule has 1 unspecified atom stereocenters. The first-order valence-corrected chi connectivity index (χ1v) is 10.4. The molecule has 0 aliphatic heterocycles. The molecule has 2 aliphatic carbocycles. The number of aromatic nitrogens is 3. The van der Waals surface area contributed by atoms with Crippen molar-refractivity contribution in [2.75, 3.05) is 0 Å². The van der Waals surface area contributed by atoms with Gasteiger partial charge >= 0.3 is 0 Å². The highest BCUT2D eigenvalue weighted by molar-refractivity contribution is 7.03. The first-order chi connectivity index (χ1) is 13.2. The van der Waals surface area contributed by atoms with Crippen molar-refractivity contribution in [3.8, 4) is 0 Å². The molecule has 142 valence electrons. The highest BCUT2D eigenvalue weighted by Gasteiger charge is 2.42. The number of pyridine rings is 1. The summed E-state index contributed by atoms with van der Waals surface area (Å²) in [4.78, 5) is 32.2. The normalized spacial score (nSPS) is 18.7. The standard InChI is InChI=1S/C19H23N5O2S/c25-18(21-14-4-2-1-3-5-14)17(13-8-10-20-11-9-13)24(15-6-7-15)19(26)16-12-27-23-22-16/h8-12,14-15,17H,1-7H2,(H,21,25). The minimum absolute atomic E-state index is 0.0643. The largest absolute Gasteiger partial charge is 0.351 e. The summed E-state index contributed by atoms with van der Waals surface area (Å²) in [6, 6.07) is 3.21. The molecular weight excluding hydrogens is 362 g/mol. The minimum atomic E-state index is -0.670. The first kappa shape index (κ1) is 18.0. The smallest absolute Gasteiger partial charge is 0.276 e. The van der Waals surface area contributed by atoms with E-state index in [2.05, 4.69) is 19.9 Å². The van der Waals surface area contributed by atoms with Crippen molar-refractivity contribution in [2.45, 2.75) is 63.1 Å². The lowest BCUT2D eigenvalue weighted by Gasteiger charge is -2.33. The molecule has 2 amide bonds. The van der Waals surface area contributed by atoms with Crippen LogP contribution in [0.15, 0.2) is 29.9 Å². The van der Waals surface area contributed by atoms with Crippen molar-refractivity contribution in [1.82, 2.24) is 24.8 Å². The molecule has 4 rings (SSSR count). The van der Waals surface area contributed by atoms with E-state index in [9.17, 15) is 9.59 Å². The zero-order valence-corrected chi connectivity index (χ0v) is 15.9. The average Bonchev–Trinajstić information content (AvgIpc) is 3.38. The molecule has 0 saturated heterocycles. The molecule has 2 aromatic heterocycles. The minimum Gasteiger partial charge on any atom is -0.351 e. The van der Waals surface area contributed by atoms with Crippen molar-refractivity contribution in [3.05, 3.63) is 41.2 Å². The van der Waals surface area contributed by atoms with E-state index in [1.807, 2.05) is 12.1 Å². The quantitative estimate of drug-likeness (QED) is 0.826. The predicted octanol–water partition coefficient (Wildman–Crippen LogP) is 2.73. The number of nitrogens with one attached hydrogen (secondary N) is 1. The Bertz CT molecular complexity index is 773. The topological polar surface area (TPSA) is 88.1 Å². The van der Waals surface area contributed by atoms with Crippen LogP contribution < -0.4 is 5.32 Å². The second kappa shape index (κ2) is 8.12. The van der Waals surface area contributed by atoms with Gasteiger partial charge in [0.2, 0.25) is 5.91 Å². The Labute approximate surface area is 162 Å². The van der Waals surface area contributed by atoms with Crippen molar-refractivity contribution in [3.63, 3.8) is 0 Å². The van der Waals surface area contributed by atoms with E-state index in [-0.39, 0.29) is 23.9 Å². The number of amides is 2. The van der Waals surface area contributed by atoms with E-state index in [1.165, 1.54) is 6.42 Å². The van der Waals surface area contributed by atoms with Crippen molar-refractivity contribution >= 4 is 23.3 Å². The van der Waals surface area contributed by atoms with Gasteiger partial charge in [0.15, 0.2) is 5.69 Å². The van der Waals surface area contributed by atoms with Gasteiger partial charge in [-0.3, -0.25) is 14.6 Å². The third kappa shape index (κ3) is 4.16. The summed E-state index contributed by atoms with van der Waals surface area (Å²) in [5, 5.41) is 8.76. The highest BCUT2D eigenvalue weighted by atomic mass is 32.1. The van der Waals surface area contributed by atoms with Crippen LogP contribution in [0.2, 0.25) is 0 Å². The Morgan fingerprint density at radius 1 is 1.11 bits per heavy atom. The summed E-state index contributed by atoms with van der Waals surface area (Å²) in [5.74, 6) is -0.344. The first-order valence-electron chi connectivity index (χ1n) is 9.54. The third-order valence-corrected chi connectivity index (χ3v) is 5.76. The van der Waals surface area contributed by atoms with Crippen LogP contribution in [0, 0.1) is 0 Å². The molecule has 0 spiro atoms. The van der Waals surface area contributed by atoms with Gasteiger partial charge in [-0.25, -0.2) is 0 Å². The summed E-state index contributed by atoms with van der Waals surface area (Å²) in [6.07, 6.45) is 10.6. The molecule has 2 aliphatic rings. The lowest BCUT2D eigenvalue weighted by molar-refractivity contribution is -0.127. The van der Waals surface area contributed by atoms with E-state index < -0.39 is 6.04 Å². The molecule has 2 fully saturated rings. The fourth-order valence-electron chi connectivity index (χ4n) is 3.75. The van der Waals surface area contributed by atoms with Gasteiger partial charge in [-0.1, -0.05) is 23.8 Å². The predicted molar refractivity (Wildman–Crippen MR) is 101 cm³/mol. The van der Waals surface area contributed by atoms with Gasteiger partial charge in [0.25, 0.3) is 5.91 Å². The Balaban J connectivity index is 1.63. The fraction of sp³-hybridized carbons (Fsp3) is 0.526. The van der Waals surface area contributed by atoms with Crippen LogP contribution in [0.5, 0.6) is 0 Å². The summed E-state index contributed by atoms with van der Waals surface area (Å²) in [7, 11) is 0. The molecule has 2 saturated carbocycles. The van der Waals surface area contributed by atoms with Gasteiger partial charge in [0, 0.05) is 29.9 Å². The van der Waals surface area contributed by atoms with E-state index in [0.29, 0.717) is 5.69 Å². The van der Waals surface area contributed by atoms with Crippen LogP contribution in [-0.2, 0) is 4.79 Å². The van der Waals surface area contributed by atoms with Crippen LogP contribution in [0.1, 0.15) is 67.0 Å². The van der Waals surface area contributed by atoms with E-state index in [0.717, 1.165) is 55.6 Å². The fourth-order valence-corrected chi connectivity index (χ4v) is 4.18. The van der Waals surface area contributed by atoms with Crippen molar-refractivity contribution in [2.24, 2.45) is 0 Å². The summed E-state index contributed by atoms with van der Waals surface area (Å²) >= 11 is 1.14. The van der Waals surface area contributed by atoms with Crippen molar-refractivity contribution in [1.29, 1.82) is 0 Å². The van der Waals surface area contributed by atoms with Crippen LogP contribution in [0.25, 0.3) is 0 Å². The second-order valence-corrected chi connectivity index (χ2v) is 7.87. The van der Waals surface area contributed by atoms with Gasteiger partial charge in [0.05, 0.1) is 0 Å². The molecule has 0 radical (unpaired) electrons. The Morgan fingerprint density at radius 2 is 1.85 bits per heavy atom. The molecular formula is C19H23N5O2S. The van der Waals surface area contributed by atoms with Crippen LogP contribution in [0.3, 0.4) is 0 Å². The molecule has 1 atom stereocenters. The van der Waals surface area contributed by atoms with Gasteiger partial charge in [-0.05, 0) is 54.9 Å². The van der Waals surface area contributed by atoms with Gasteiger partial charge in [-0.2, -0.15) is 0 Å². The molecule has 0 bridgehead atoms. The SMILES string of the molecule is O=C(NC1CCCCC1)C(c1ccncc1)N(C(=O)c1csnn1)C1CC1. The summed E-state index contributed by atoms with van der Waals surface area (Å²) < 4.78 is 3.81. The maximum atomic E-state index is 13.3. The van der Waals surface area contributed by atoms with Crippen LogP contribution in [-0.4, -0.2) is 43.4 Å². The van der Waals surface area contributed by atoms with E-state index in [1.54, 1.807) is 22.7 Å². The second-order valence-electron chi connectivity index (χ2n) is 7.26. The number of hydrogen-bond donors (Lipinski definition) is 1. The zero-order valence-electron chi connectivity index (χ0n) is 15.1. The Morgan fingerprint density at radius 3 is 2.48 bits per heavy atom. The van der Waals surface area contributed by atoms with E-state index >= 15 is 0 Å². The number of carbonyl (C=O) groups excluding carboxylic acids is 2. The molecule has 2 heterocycles.